The van der Waals surface area contributed by atoms with Crippen LogP contribution in [0.2, 0.25) is 0 Å². The van der Waals surface area contributed by atoms with E-state index in [0.717, 1.165) is 6.42 Å². The van der Waals surface area contributed by atoms with Gasteiger partial charge < -0.3 is 4.98 Å². The Hall–Kier alpha value is -1.97. The predicted molar refractivity (Wildman–Crippen MR) is 69.0 cm³/mol. The fraction of sp³-hybridized carbons (Fsp3) is 0.286. The van der Waals surface area contributed by atoms with E-state index < -0.39 is 0 Å². The first kappa shape index (κ1) is 12.5. The lowest BCUT2D eigenvalue weighted by atomic mass is 9.99. The molecule has 0 aliphatic rings. The number of aromatic nitrogens is 2. The van der Waals surface area contributed by atoms with E-state index in [9.17, 15) is 9.18 Å². The highest BCUT2D eigenvalue weighted by molar-refractivity contribution is 5.66. The maximum atomic E-state index is 13.6. The van der Waals surface area contributed by atoms with Crippen LogP contribution in [0.5, 0.6) is 0 Å². The van der Waals surface area contributed by atoms with Gasteiger partial charge in [-0.2, -0.15) is 0 Å². The van der Waals surface area contributed by atoms with Gasteiger partial charge in [0.2, 0.25) is 0 Å². The highest BCUT2D eigenvalue weighted by atomic mass is 19.1. The number of benzene rings is 1. The molecule has 0 radical (unpaired) electrons. The standard InChI is InChI=1S/C14H15FN2O/c1-3-5-11-13(16-8-17-14(11)18)10-6-4-7-12(15)9(10)2/h4,6-8H,3,5H2,1-2H3,(H,16,17,18). The molecule has 0 aliphatic heterocycles. The molecule has 0 unspecified atom stereocenters. The average molecular weight is 246 g/mol. The Morgan fingerprint density at radius 2 is 2.17 bits per heavy atom. The molecule has 2 aromatic rings. The van der Waals surface area contributed by atoms with Crippen LogP contribution in [-0.4, -0.2) is 9.97 Å². The molecule has 1 aromatic heterocycles. The quantitative estimate of drug-likeness (QED) is 0.905. The number of halogens is 1. The number of rotatable bonds is 3. The van der Waals surface area contributed by atoms with Crippen LogP contribution >= 0.6 is 0 Å². The zero-order valence-electron chi connectivity index (χ0n) is 10.5. The summed E-state index contributed by atoms with van der Waals surface area (Å²) < 4.78 is 13.6. The van der Waals surface area contributed by atoms with E-state index in [1.807, 2.05) is 6.92 Å². The number of nitrogens with one attached hydrogen (secondary N) is 1. The molecule has 4 heteroatoms. The topological polar surface area (TPSA) is 45.8 Å². The summed E-state index contributed by atoms with van der Waals surface area (Å²) in [5.41, 5.74) is 2.26. The fourth-order valence-corrected chi connectivity index (χ4v) is 2.01. The Morgan fingerprint density at radius 1 is 1.39 bits per heavy atom. The molecule has 94 valence electrons. The van der Waals surface area contributed by atoms with Gasteiger partial charge in [-0.1, -0.05) is 25.5 Å². The SMILES string of the molecule is CCCc1c(-c2cccc(F)c2C)nc[nH]c1=O. The molecule has 0 fully saturated rings. The van der Waals surface area contributed by atoms with Crippen molar-refractivity contribution >= 4 is 0 Å². The average Bonchev–Trinajstić information content (AvgIpc) is 2.36. The first-order valence-corrected chi connectivity index (χ1v) is 5.97. The van der Waals surface area contributed by atoms with Gasteiger partial charge in [-0.3, -0.25) is 4.79 Å². The van der Waals surface area contributed by atoms with Gasteiger partial charge in [0, 0.05) is 11.1 Å². The maximum absolute atomic E-state index is 13.6. The maximum Gasteiger partial charge on any atom is 0.254 e. The summed E-state index contributed by atoms with van der Waals surface area (Å²) in [5.74, 6) is -0.281. The van der Waals surface area contributed by atoms with E-state index >= 15 is 0 Å². The van der Waals surface area contributed by atoms with Crippen LogP contribution in [0.15, 0.2) is 29.3 Å². The number of hydrogen-bond donors (Lipinski definition) is 1. The van der Waals surface area contributed by atoms with Crippen LogP contribution in [-0.2, 0) is 6.42 Å². The first-order chi connectivity index (χ1) is 8.65. The number of hydrogen-bond acceptors (Lipinski definition) is 2. The van der Waals surface area contributed by atoms with E-state index in [-0.39, 0.29) is 11.4 Å². The van der Waals surface area contributed by atoms with Gasteiger partial charge in [0.1, 0.15) is 5.82 Å². The summed E-state index contributed by atoms with van der Waals surface area (Å²) in [5, 5.41) is 0. The lowest BCUT2D eigenvalue weighted by molar-refractivity contribution is 0.619. The van der Waals surface area contributed by atoms with Crippen molar-refractivity contribution in [2.75, 3.05) is 0 Å². The van der Waals surface area contributed by atoms with Crippen molar-refractivity contribution in [3.05, 3.63) is 51.8 Å². The normalized spacial score (nSPS) is 10.6. The van der Waals surface area contributed by atoms with Gasteiger partial charge in [-0.25, -0.2) is 9.37 Å². The van der Waals surface area contributed by atoms with Gasteiger partial charge in [-0.15, -0.1) is 0 Å². The second-order valence-corrected chi connectivity index (χ2v) is 4.22. The summed E-state index contributed by atoms with van der Waals surface area (Å²) >= 11 is 0. The lowest BCUT2D eigenvalue weighted by Crippen LogP contribution is -2.15. The van der Waals surface area contributed by atoms with Crippen molar-refractivity contribution in [3.63, 3.8) is 0 Å². The molecular weight excluding hydrogens is 231 g/mol. The van der Waals surface area contributed by atoms with Crippen LogP contribution in [0.4, 0.5) is 4.39 Å². The van der Waals surface area contributed by atoms with Crippen molar-refractivity contribution in [1.29, 1.82) is 0 Å². The molecule has 0 saturated heterocycles. The van der Waals surface area contributed by atoms with Gasteiger partial charge in [0.05, 0.1) is 12.0 Å². The highest BCUT2D eigenvalue weighted by Gasteiger charge is 2.13. The Bertz CT molecular complexity index is 619. The van der Waals surface area contributed by atoms with Gasteiger partial charge in [0.15, 0.2) is 0 Å². The minimum absolute atomic E-state index is 0.148. The first-order valence-electron chi connectivity index (χ1n) is 5.97. The van der Waals surface area contributed by atoms with Crippen LogP contribution in [0.25, 0.3) is 11.3 Å². The van der Waals surface area contributed by atoms with E-state index in [0.29, 0.717) is 28.8 Å². The van der Waals surface area contributed by atoms with Crippen LogP contribution in [0, 0.1) is 12.7 Å². The highest BCUT2D eigenvalue weighted by Crippen LogP contribution is 2.25. The van der Waals surface area contributed by atoms with Crippen LogP contribution in [0.1, 0.15) is 24.5 Å². The smallest absolute Gasteiger partial charge is 0.254 e. The zero-order chi connectivity index (χ0) is 13.1. The molecule has 0 bridgehead atoms. The molecule has 0 amide bonds. The molecular formula is C14H15FN2O. The third-order valence-electron chi connectivity index (χ3n) is 2.97. The number of H-pyrrole nitrogens is 1. The lowest BCUT2D eigenvalue weighted by Gasteiger charge is -2.09. The predicted octanol–water partition coefficient (Wildman–Crippen LogP) is 2.84. The largest absolute Gasteiger partial charge is 0.313 e. The minimum atomic E-state index is -0.281. The van der Waals surface area contributed by atoms with E-state index in [2.05, 4.69) is 9.97 Å². The Morgan fingerprint density at radius 3 is 2.89 bits per heavy atom. The molecule has 0 saturated carbocycles. The molecule has 0 spiro atoms. The number of aromatic amines is 1. The monoisotopic (exact) mass is 246 g/mol. The molecule has 2 rings (SSSR count). The summed E-state index contributed by atoms with van der Waals surface area (Å²) in [6.07, 6.45) is 2.84. The summed E-state index contributed by atoms with van der Waals surface area (Å²) in [4.78, 5) is 18.6. The third-order valence-corrected chi connectivity index (χ3v) is 2.97. The summed E-state index contributed by atoms with van der Waals surface area (Å²) in [6.45, 7) is 3.69. The Kier molecular flexibility index (Phi) is 3.55. The Balaban J connectivity index is 2.67. The van der Waals surface area contributed by atoms with Gasteiger partial charge in [0.25, 0.3) is 5.56 Å². The van der Waals surface area contributed by atoms with Crippen molar-refractivity contribution in [2.45, 2.75) is 26.7 Å². The second kappa shape index (κ2) is 5.12. The van der Waals surface area contributed by atoms with Crippen molar-refractivity contribution in [3.8, 4) is 11.3 Å². The second-order valence-electron chi connectivity index (χ2n) is 4.22. The van der Waals surface area contributed by atoms with Gasteiger partial charge >= 0.3 is 0 Å². The van der Waals surface area contributed by atoms with E-state index in [1.165, 1.54) is 12.4 Å². The molecule has 1 heterocycles. The third kappa shape index (κ3) is 2.18. The van der Waals surface area contributed by atoms with Crippen molar-refractivity contribution < 1.29 is 4.39 Å². The summed E-state index contributed by atoms with van der Waals surface area (Å²) in [7, 11) is 0. The summed E-state index contributed by atoms with van der Waals surface area (Å²) in [6, 6.07) is 4.83. The molecule has 0 atom stereocenters. The number of nitrogens with zero attached hydrogens (tertiary/aromatic N) is 1. The van der Waals surface area contributed by atoms with Crippen molar-refractivity contribution in [2.24, 2.45) is 0 Å². The van der Waals surface area contributed by atoms with E-state index in [4.69, 9.17) is 0 Å². The van der Waals surface area contributed by atoms with E-state index in [1.54, 1.807) is 19.1 Å². The Labute approximate surface area is 105 Å². The van der Waals surface area contributed by atoms with Crippen molar-refractivity contribution in [1.82, 2.24) is 9.97 Å². The van der Waals surface area contributed by atoms with Crippen LogP contribution < -0.4 is 5.56 Å². The molecule has 3 nitrogen and oxygen atoms in total. The van der Waals surface area contributed by atoms with Crippen LogP contribution in [0.3, 0.4) is 0 Å². The minimum Gasteiger partial charge on any atom is -0.313 e. The molecule has 0 aliphatic carbocycles. The van der Waals surface area contributed by atoms with Gasteiger partial charge in [-0.05, 0) is 25.0 Å². The fourth-order valence-electron chi connectivity index (χ4n) is 2.01. The molecule has 1 N–H and O–H groups in total. The molecule has 18 heavy (non-hydrogen) atoms. The zero-order valence-corrected chi connectivity index (χ0v) is 10.5. The molecule has 1 aromatic carbocycles.